The number of aromatic nitrogens is 2. The molecular formula is C11H12N4O4. The smallest absolute Gasteiger partial charge is 0.281 e. The van der Waals surface area contributed by atoms with E-state index >= 15 is 0 Å². The van der Waals surface area contributed by atoms with Gasteiger partial charge in [0.1, 0.15) is 0 Å². The van der Waals surface area contributed by atoms with E-state index in [4.69, 9.17) is 15.2 Å². The molecule has 0 aliphatic heterocycles. The topological polar surface area (TPSA) is 112 Å². The van der Waals surface area contributed by atoms with Crippen LogP contribution in [0.4, 0.5) is 11.5 Å². The van der Waals surface area contributed by atoms with Crippen LogP contribution in [0.5, 0.6) is 11.5 Å². The number of nitrogen functional groups attached to an aromatic ring is 1. The summed E-state index contributed by atoms with van der Waals surface area (Å²) in [4.78, 5) is 11.8. The fourth-order valence-corrected chi connectivity index (χ4v) is 1.46. The molecule has 0 saturated carbocycles. The van der Waals surface area contributed by atoms with Gasteiger partial charge < -0.3 is 20.5 Å². The van der Waals surface area contributed by atoms with Crippen molar-refractivity contribution in [2.75, 3.05) is 25.3 Å². The predicted molar refractivity (Wildman–Crippen MR) is 66.2 cm³/mol. The zero-order valence-corrected chi connectivity index (χ0v) is 10.3. The summed E-state index contributed by atoms with van der Waals surface area (Å²) >= 11 is 0. The first-order valence-electron chi connectivity index (χ1n) is 5.27. The second-order valence-corrected chi connectivity index (χ2v) is 3.52. The highest BCUT2D eigenvalue weighted by molar-refractivity contribution is 6.05. The summed E-state index contributed by atoms with van der Waals surface area (Å²) in [5, 5.41) is 9.33. The molecule has 0 unspecified atom stereocenters. The lowest BCUT2D eigenvalue weighted by molar-refractivity contribution is 0.101. The molecule has 0 aliphatic carbocycles. The van der Waals surface area contributed by atoms with Crippen molar-refractivity contribution in [3.63, 3.8) is 0 Å². The van der Waals surface area contributed by atoms with E-state index in [0.29, 0.717) is 17.2 Å². The fourth-order valence-electron chi connectivity index (χ4n) is 1.46. The van der Waals surface area contributed by atoms with Gasteiger partial charge in [0.25, 0.3) is 5.91 Å². The number of ether oxygens (including phenoxy) is 2. The number of rotatable bonds is 4. The van der Waals surface area contributed by atoms with E-state index in [0.717, 1.165) is 0 Å². The Morgan fingerprint density at radius 3 is 2.58 bits per heavy atom. The molecule has 0 spiro atoms. The third kappa shape index (κ3) is 2.57. The molecule has 1 heterocycles. The number of amides is 1. The lowest BCUT2D eigenvalue weighted by Crippen LogP contribution is -2.14. The van der Waals surface area contributed by atoms with Crippen LogP contribution in [0, 0.1) is 0 Å². The molecule has 0 atom stereocenters. The van der Waals surface area contributed by atoms with Crippen molar-refractivity contribution in [3.05, 3.63) is 23.9 Å². The van der Waals surface area contributed by atoms with Gasteiger partial charge in [0.05, 0.1) is 14.2 Å². The number of hydrogen-bond donors (Lipinski definition) is 2. The number of methoxy groups -OCH3 is 2. The Labute approximate surface area is 108 Å². The molecule has 0 saturated heterocycles. The van der Waals surface area contributed by atoms with E-state index in [1.54, 1.807) is 18.2 Å². The average Bonchev–Trinajstić information content (AvgIpc) is 2.85. The van der Waals surface area contributed by atoms with Crippen molar-refractivity contribution < 1.29 is 18.9 Å². The number of nitrogens with two attached hydrogens (primary N) is 1. The van der Waals surface area contributed by atoms with Gasteiger partial charge in [-0.3, -0.25) is 4.79 Å². The first kappa shape index (κ1) is 12.7. The number of nitrogens with zero attached hydrogens (tertiary/aromatic N) is 2. The van der Waals surface area contributed by atoms with Crippen LogP contribution in [0.1, 0.15) is 10.5 Å². The zero-order valence-electron chi connectivity index (χ0n) is 10.3. The Hall–Kier alpha value is -2.77. The van der Waals surface area contributed by atoms with Crippen molar-refractivity contribution in [3.8, 4) is 11.5 Å². The van der Waals surface area contributed by atoms with E-state index in [1.807, 2.05) is 0 Å². The van der Waals surface area contributed by atoms with Gasteiger partial charge in [-0.2, -0.15) is 0 Å². The number of anilines is 2. The van der Waals surface area contributed by atoms with Crippen LogP contribution in [-0.4, -0.2) is 30.4 Å². The number of carbonyl (C=O) groups is 1. The summed E-state index contributed by atoms with van der Waals surface area (Å²) < 4.78 is 14.6. The van der Waals surface area contributed by atoms with Gasteiger partial charge in [-0.05, 0) is 22.4 Å². The van der Waals surface area contributed by atoms with Crippen LogP contribution in [0.2, 0.25) is 0 Å². The third-order valence-corrected chi connectivity index (χ3v) is 2.37. The average molecular weight is 264 g/mol. The lowest BCUT2D eigenvalue weighted by Gasteiger charge is -2.09. The van der Waals surface area contributed by atoms with Gasteiger partial charge in [0, 0.05) is 11.8 Å². The molecule has 8 nitrogen and oxygen atoms in total. The van der Waals surface area contributed by atoms with Gasteiger partial charge >= 0.3 is 0 Å². The molecular weight excluding hydrogens is 252 g/mol. The largest absolute Gasteiger partial charge is 0.493 e. The van der Waals surface area contributed by atoms with Crippen LogP contribution in [0.3, 0.4) is 0 Å². The molecule has 1 amide bonds. The fraction of sp³-hybridized carbons (Fsp3) is 0.182. The Kier molecular flexibility index (Phi) is 3.51. The molecule has 2 rings (SSSR count). The van der Waals surface area contributed by atoms with Crippen molar-refractivity contribution in [2.24, 2.45) is 0 Å². The highest BCUT2D eigenvalue weighted by Crippen LogP contribution is 2.29. The zero-order chi connectivity index (χ0) is 13.8. The molecule has 0 bridgehead atoms. The maximum absolute atomic E-state index is 11.8. The van der Waals surface area contributed by atoms with Crippen LogP contribution in [0.15, 0.2) is 22.8 Å². The Morgan fingerprint density at radius 1 is 1.26 bits per heavy atom. The van der Waals surface area contributed by atoms with Gasteiger partial charge in [0.2, 0.25) is 11.5 Å². The van der Waals surface area contributed by atoms with Gasteiger partial charge in [-0.15, -0.1) is 0 Å². The Balaban J connectivity index is 2.20. The molecule has 0 radical (unpaired) electrons. The quantitative estimate of drug-likeness (QED) is 0.844. The Morgan fingerprint density at radius 2 is 2.00 bits per heavy atom. The minimum absolute atomic E-state index is 0.0713. The molecule has 1 aromatic heterocycles. The van der Waals surface area contributed by atoms with E-state index in [2.05, 4.69) is 20.3 Å². The third-order valence-electron chi connectivity index (χ3n) is 2.37. The molecule has 8 heteroatoms. The van der Waals surface area contributed by atoms with E-state index in [-0.39, 0.29) is 11.5 Å². The molecule has 2 aromatic rings. The van der Waals surface area contributed by atoms with Crippen LogP contribution in [0.25, 0.3) is 0 Å². The summed E-state index contributed by atoms with van der Waals surface area (Å²) in [6.45, 7) is 0. The van der Waals surface area contributed by atoms with E-state index in [1.165, 1.54) is 14.2 Å². The lowest BCUT2D eigenvalue weighted by atomic mass is 10.2. The second kappa shape index (κ2) is 5.25. The van der Waals surface area contributed by atoms with Crippen molar-refractivity contribution in [1.29, 1.82) is 0 Å². The second-order valence-electron chi connectivity index (χ2n) is 3.52. The maximum atomic E-state index is 11.8. The summed E-state index contributed by atoms with van der Waals surface area (Å²) in [6.07, 6.45) is 0. The monoisotopic (exact) mass is 264 g/mol. The standard InChI is InChI=1S/C11H12N4O4/c1-17-7-4-3-6(5-8(7)18-2)13-11(16)9-10(12)15-19-14-9/h3-5H,1-2H3,(H2,12,15)(H,13,16). The minimum Gasteiger partial charge on any atom is -0.493 e. The highest BCUT2D eigenvalue weighted by atomic mass is 16.6. The highest BCUT2D eigenvalue weighted by Gasteiger charge is 2.16. The predicted octanol–water partition coefficient (Wildman–Crippen LogP) is 0.921. The number of hydrogen-bond acceptors (Lipinski definition) is 7. The maximum Gasteiger partial charge on any atom is 0.281 e. The van der Waals surface area contributed by atoms with Gasteiger partial charge in [-0.25, -0.2) is 4.63 Å². The summed E-state index contributed by atoms with van der Waals surface area (Å²) in [5.74, 6) is 0.457. The van der Waals surface area contributed by atoms with E-state index < -0.39 is 5.91 Å². The summed E-state index contributed by atoms with van der Waals surface area (Å²) in [7, 11) is 3.03. The minimum atomic E-state index is -0.522. The molecule has 19 heavy (non-hydrogen) atoms. The first-order chi connectivity index (χ1) is 9.15. The molecule has 3 N–H and O–H groups in total. The number of benzene rings is 1. The van der Waals surface area contributed by atoms with Gasteiger partial charge in [0.15, 0.2) is 11.5 Å². The van der Waals surface area contributed by atoms with Crippen molar-refractivity contribution in [1.82, 2.24) is 10.3 Å². The normalized spacial score (nSPS) is 10.0. The molecule has 0 fully saturated rings. The van der Waals surface area contributed by atoms with Crippen molar-refractivity contribution in [2.45, 2.75) is 0 Å². The number of carbonyl (C=O) groups excluding carboxylic acids is 1. The molecule has 0 aliphatic rings. The Bertz CT molecular complexity index is 596. The molecule has 1 aromatic carbocycles. The van der Waals surface area contributed by atoms with Crippen molar-refractivity contribution >= 4 is 17.4 Å². The van der Waals surface area contributed by atoms with Crippen LogP contribution >= 0.6 is 0 Å². The van der Waals surface area contributed by atoms with Gasteiger partial charge in [-0.1, -0.05) is 0 Å². The summed E-state index contributed by atoms with van der Waals surface area (Å²) in [6, 6.07) is 4.93. The first-order valence-corrected chi connectivity index (χ1v) is 5.27. The number of nitrogens with one attached hydrogen (secondary N) is 1. The summed E-state index contributed by atoms with van der Waals surface area (Å²) in [5.41, 5.74) is 5.85. The van der Waals surface area contributed by atoms with Crippen LogP contribution in [-0.2, 0) is 0 Å². The van der Waals surface area contributed by atoms with Crippen LogP contribution < -0.4 is 20.5 Å². The molecule has 100 valence electrons. The SMILES string of the molecule is COc1ccc(NC(=O)c2nonc2N)cc1OC. The van der Waals surface area contributed by atoms with E-state index in [9.17, 15) is 4.79 Å².